The highest BCUT2D eigenvalue weighted by molar-refractivity contribution is 6.27. The van der Waals surface area contributed by atoms with Gasteiger partial charge in [-0.05, 0) is 44.6 Å². The molecule has 2 nitrogen and oxygen atoms in total. The molecule has 0 radical (unpaired) electrons. The van der Waals surface area contributed by atoms with Crippen LogP contribution in [0.1, 0.15) is 5.56 Å². The first-order valence-corrected chi connectivity index (χ1v) is 9.58. The highest BCUT2D eigenvalue weighted by Gasteiger charge is 2.13. The predicted molar refractivity (Wildman–Crippen MR) is 120 cm³/mol. The second-order valence-electron chi connectivity index (χ2n) is 6.93. The van der Waals surface area contributed by atoms with E-state index in [2.05, 4.69) is 36.4 Å². The fourth-order valence-corrected chi connectivity index (χ4v) is 3.88. The van der Waals surface area contributed by atoms with E-state index in [9.17, 15) is 4.79 Å². The first-order chi connectivity index (χ1) is 14.3. The standard InChI is InChI=1S/C27H18O2/c28-26(18-17-19-9-2-1-3-10-19)29-25-16-8-15-24-22-12-5-4-11-20(22)21-13-6-7-14-23(21)27(24)25/h1-18H. The Morgan fingerprint density at radius 1 is 0.586 bits per heavy atom. The Hall–Kier alpha value is -3.91. The Labute approximate surface area is 168 Å². The minimum atomic E-state index is -0.390. The molecule has 0 amide bonds. The smallest absolute Gasteiger partial charge is 0.336 e. The SMILES string of the molecule is O=C(C=Cc1ccccc1)Oc1cccc2c3ccccc3c3ccccc3c12. The number of esters is 1. The summed E-state index contributed by atoms with van der Waals surface area (Å²) in [6.45, 7) is 0. The molecule has 2 heteroatoms. The van der Waals surface area contributed by atoms with E-state index in [1.165, 1.54) is 11.5 Å². The van der Waals surface area contributed by atoms with E-state index in [0.29, 0.717) is 5.75 Å². The van der Waals surface area contributed by atoms with Gasteiger partial charge in [0.05, 0.1) is 0 Å². The van der Waals surface area contributed by atoms with Crippen LogP contribution in [0.5, 0.6) is 5.75 Å². The second kappa shape index (κ2) is 7.25. The van der Waals surface area contributed by atoms with Gasteiger partial charge in [-0.15, -0.1) is 0 Å². The normalized spacial score (nSPS) is 11.4. The van der Waals surface area contributed by atoms with Crippen LogP contribution in [0.15, 0.2) is 103 Å². The van der Waals surface area contributed by atoms with Crippen molar-refractivity contribution in [1.29, 1.82) is 0 Å². The maximum absolute atomic E-state index is 12.5. The van der Waals surface area contributed by atoms with Crippen molar-refractivity contribution in [2.75, 3.05) is 0 Å². The average molecular weight is 374 g/mol. The molecule has 0 aliphatic heterocycles. The average Bonchev–Trinajstić information content (AvgIpc) is 2.79. The summed E-state index contributed by atoms with van der Waals surface area (Å²) >= 11 is 0. The van der Waals surface area contributed by atoms with Gasteiger partial charge in [0.15, 0.2) is 0 Å². The first-order valence-electron chi connectivity index (χ1n) is 9.58. The van der Waals surface area contributed by atoms with E-state index in [1.54, 1.807) is 6.08 Å². The van der Waals surface area contributed by atoms with Gasteiger partial charge in [-0.2, -0.15) is 0 Å². The Bertz CT molecular complexity index is 1340. The molecule has 0 fully saturated rings. The summed E-state index contributed by atoms with van der Waals surface area (Å²) in [5.74, 6) is 0.186. The Morgan fingerprint density at radius 3 is 1.76 bits per heavy atom. The topological polar surface area (TPSA) is 26.3 Å². The summed E-state index contributed by atoms with van der Waals surface area (Å²) in [5.41, 5.74) is 0.957. The van der Waals surface area contributed by atoms with Crippen molar-refractivity contribution in [3.63, 3.8) is 0 Å². The fraction of sp³-hybridized carbons (Fsp3) is 0. The number of fused-ring (bicyclic) bond motifs is 6. The minimum Gasteiger partial charge on any atom is -0.423 e. The van der Waals surface area contributed by atoms with Gasteiger partial charge in [-0.3, -0.25) is 0 Å². The van der Waals surface area contributed by atoms with Crippen molar-refractivity contribution < 1.29 is 9.53 Å². The van der Waals surface area contributed by atoms with Crippen LogP contribution in [0.3, 0.4) is 0 Å². The lowest BCUT2D eigenvalue weighted by Gasteiger charge is -2.13. The molecule has 0 heterocycles. The lowest BCUT2D eigenvalue weighted by Crippen LogP contribution is -2.04. The van der Waals surface area contributed by atoms with Gasteiger partial charge < -0.3 is 4.74 Å². The molecule has 0 spiro atoms. The third-order valence-corrected chi connectivity index (χ3v) is 5.15. The van der Waals surface area contributed by atoms with Crippen molar-refractivity contribution in [3.05, 3.63) is 109 Å². The van der Waals surface area contributed by atoms with Crippen LogP contribution in [0.25, 0.3) is 38.4 Å². The summed E-state index contributed by atoms with van der Waals surface area (Å²) in [6, 6.07) is 32.2. The zero-order chi connectivity index (χ0) is 19.6. The van der Waals surface area contributed by atoms with E-state index >= 15 is 0 Å². The van der Waals surface area contributed by atoms with Gasteiger partial charge in [0.1, 0.15) is 5.75 Å². The number of rotatable bonds is 3. The van der Waals surface area contributed by atoms with E-state index in [4.69, 9.17) is 4.74 Å². The molecule has 0 saturated heterocycles. The van der Waals surface area contributed by atoms with Crippen LogP contribution in [0, 0.1) is 0 Å². The number of hydrogen-bond acceptors (Lipinski definition) is 2. The molecule has 0 N–H and O–H groups in total. The van der Waals surface area contributed by atoms with E-state index in [0.717, 1.165) is 32.5 Å². The monoisotopic (exact) mass is 374 g/mol. The highest BCUT2D eigenvalue weighted by Crippen LogP contribution is 2.39. The zero-order valence-electron chi connectivity index (χ0n) is 15.7. The van der Waals surface area contributed by atoms with Crippen LogP contribution in [0.4, 0.5) is 0 Å². The number of carbonyl (C=O) groups is 1. The summed E-state index contributed by atoms with van der Waals surface area (Å²) in [6.07, 6.45) is 3.23. The number of ether oxygens (including phenoxy) is 1. The van der Waals surface area contributed by atoms with E-state index in [1.807, 2.05) is 60.7 Å². The van der Waals surface area contributed by atoms with Crippen LogP contribution >= 0.6 is 0 Å². The van der Waals surface area contributed by atoms with Gasteiger partial charge >= 0.3 is 5.97 Å². The summed E-state index contributed by atoms with van der Waals surface area (Å²) in [5, 5.41) is 6.62. The molecule has 0 unspecified atom stereocenters. The molecule has 0 saturated carbocycles. The van der Waals surface area contributed by atoms with E-state index < -0.39 is 5.97 Å². The molecule has 0 aromatic heterocycles. The Balaban J connectivity index is 1.65. The third-order valence-electron chi connectivity index (χ3n) is 5.15. The quantitative estimate of drug-likeness (QED) is 0.151. The number of carbonyl (C=O) groups excluding carboxylic acids is 1. The highest BCUT2D eigenvalue weighted by atomic mass is 16.5. The second-order valence-corrected chi connectivity index (χ2v) is 6.93. The molecular weight excluding hydrogens is 356 g/mol. The Morgan fingerprint density at radius 2 is 1.10 bits per heavy atom. The molecule has 5 rings (SSSR count). The molecule has 0 aliphatic rings. The largest absolute Gasteiger partial charge is 0.423 e. The molecular formula is C27H18O2. The summed E-state index contributed by atoms with van der Waals surface area (Å²) in [7, 11) is 0. The molecule has 29 heavy (non-hydrogen) atoms. The van der Waals surface area contributed by atoms with Gasteiger partial charge in [0.25, 0.3) is 0 Å². The van der Waals surface area contributed by atoms with Gasteiger partial charge in [-0.25, -0.2) is 4.79 Å². The van der Waals surface area contributed by atoms with Crippen molar-refractivity contribution in [3.8, 4) is 5.75 Å². The molecule has 138 valence electrons. The molecule has 0 aliphatic carbocycles. The van der Waals surface area contributed by atoms with Crippen molar-refractivity contribution in [2.24, 2.45) is 0 Å². The Kier molecular flexibility index (Phi) is 4.30. The summed E-state index contributed by atoms with van der Waals surface area (Å²) < 4.78 is 5.78. The first kappa shape index (κ1) is 17.2. The summed E-state index contributed by atoms with van der Waals surface area (Å²) in [4.78, 5) is 12.5. The van der Waals surface area contributed by atoms with Gasteiger partial charge in [-0.1, -0.05) is 91.0 Å². The van der Waals surface area contributed by atoms with Crippen LogP contribution in [-0.4, -0.2) is 5.97 Å². The maximum Gasteiger partial charge on any atom is 0.336 e. The van der Waals surface area contributed by atoms with Gasteiger partial charge in [0, 0.05) is 11.5 Å². The van der Waals surface area contributed by atoms with E-state index in [-0.39, 0.29) is 0 Å². The molecule has 5 aromatic carbocycles. The predicted octanol–water partition coefficient (Wildman–Crippen LogP) is 6.77. The molecule has 0 bridgehead atoms. The molecule has 0 atom stereocenters. The fourth-order valence-electron chi connectivity index (χ4n) is 3.88. The van der Waals surface area contributed by atoms with Crippen LogP contribution < -0.4 is 4.74 Å². The van der Waals surface area contributed by atoms with Crippen LogP contribution in [-0.2, 0) is 4.79 Å². The lowest BCUT2D eigenvalue weighted by molar-refractivity contribution is -0.128. The van der Waals surface area contributed by atoms with Crippen molar-refractivity contribution >= 4 is 44.4 Å². The maximum atomic E-state index is 12.5. The van der Waals surface area contributed by atoms with Crippen molar-refractivity contribution in [2.45, 2.75) is 0 Å². The number of benzene rings is 5. The number of hydrogen-bond donors (Lipinski definition) is 0. The van der Waals surface area contributed by atoms with Crippen molar-refractivity contribution in [1.82, 2.24) is 0 Å². The molecule has 5 aromatic rings. The third kappa shape index (κ3) is 3.15. The lowest BCUT2D eigenvalue weighted by atomic mass is 9.94. The van der Waals surface area contributed by atoms with Crippen LogP contribution in [0.2, 0.25) is 0 Å². The van der Waals surface area contributed by atoms with Gasteiger partial charge in [0.2, 0.25) is 0 Å². The minimum absolute atomic E-state index is 0.390. The zero-order valence-corrected chi connectivity index (χ0v) is 15.7.